The summed E-state index contributed by atoms with van der Waals surface area (Å²) in [6.07, 6.45) is 5.66. The highest BCUT2D eigenvalue weighted by atomic mass is 16.2. The van der Waals surface area contributed by atoms with Crippen LogP contribution < -0.4 is 10.6 Å². The first-order valence-electron chi connectivity index (χ1n) is 8.32. The molecule has 2 aromatic rings. The smallest absolute Gasteiger partial charge is 0.317 e. The first-order chi connectivity index (χ1) is 11.9. The maximum atomic E-state index is 12.5. The Labute approximate surface area is 146 Å². The van der Waals surface area contributed by atoms with Gasteiger partial charge in [-0.15, -0.1) is 0 Å². The zero-order valence-corrected chi connectivity index (χ0v) is 14.8. The van der Waals surface area contributed by atoms with E-state index in [2.05, 4.69) is 15.7 Å². The van der Waals surface area contributed by atoms with E-state index in [9.17, 15) is 9.59 Å². The summed E-state index contributed by atoms with van der Waals surface area (Å²) in [6, 6.07) is 3.67. The summed E-state index contributed by atoms with van der Waals surface area (Å²) < 4.78 is 3.74. The lowest BCUT2D eigenvalue weighted by Crippen LogP contribution is -2.42. The summed E-state index contributed by atoms with van der Waals surface area (Å²) in [6.45, 7) is 3.01. The van der Waals surface area contributed by atoms with Crippen LogP contribution in [0.4, 0.5) is 4.79 Å². The van der Waals surface area contributed by atoms with E-state index in [4.69, 9.17) is 0 Å². The van der Waals surface area contributed by atoms with E-state index < -0.39 is 0 Å². The Morgan fingerprint density at radius 2 is 2.08 bits per heavy atom. The van der Waals surface area contributed by atoms with Crippen LogP contribution >= 0.6 is 0 Å². The Morgan fingerprint density at radius 1 is 1.28 bits per heavy atom. The number of rotatable bonds is 4. The number of nitrogens with zero attached hydrogens (tertiary/aromatic N) is 4. The number of urea groups is 1. The molecule has 2 N–H and O–H groups in total. The highest BCUT2D eigenvalue weighted by molar-refractivity contribution is 5.76. The number of aromatic nitrogens is 3. The number of likely N-dealkylation sites (tertiary alicyclic amines) is 1. The summed E-state index contributed by atoms with van der Waals surface area (Å²) in [5.41, 5.74) is 2.06. The van der Waals surface area contributed by atoms with Gasteiger partial charge in [-0.25, -0.2) is 4.79 Å². The summed E-state index contributed by atoms with van der Waals surface area (Å²) in [5, 5.41) is 10.1. The van der Waals surface area contributed by atoms with E-state index in [0.717, 1.165) is 11.3 Å². The highest BCUT2D eigenvalue weighted by Gasteiger charge is 2.38. The Hall–Kier alpha value is -2.77. The summed E-state index contributed by atoms with van der Waals surface area (Å²) >= 11 is 0. The van der Waals surface area contributed by atoms with Gasteiger partial charge in [0.2, 0.25) is 5.91 Å². The molecule has 134 valence electrons. The van der Waals surface area contributed by atoms with Crippen molar-refractivity contribution in [3.63, 3.8) is 0 Å². The van der Waals surface area contributed by atoms with Gasteiger partial charge >= 0.3 is 6.03 Å². The lowest BCUT2D eigenvalue weighted by molar-refractivity contribution is -0.119. The van der Waals surface area contributed by atoms with E-state index in [1.165, 1.54) is 6.92 Å². The van der Waals surface area contributed by atoms with Gasteiger partial charge < -0.3 is 20.1 Å². The maximum absolute atomic E-state index is 12.5. The molecule has 0 spiro atoms. The van der Waals surface area contributed by atoms with Gasteiger partial charge in [-0.2, -0.15) is 5.10 Å². The van der Waals surface area contributed by atoms with Crippen molar-refractivity contribution in [2.75, 3.05) is 13.1 Å². The van der Waals surface area contributed by atoms with E-state index in [-0.39, 0.29) is 23.9 Å². The molecule has 0 aliphatic carbocycles. The normalized spacial score (nSPS) is 19.9. The van der Waals surface area contributed by atoms with Crippen molar-refractivity contribution in [3.05, 3.63) is 42.0 Å². The summed E-state index contributed by atoms with van der Waals surface area (Å²) in [4.78, 5) is 25.8. The fourth-order valence-corrected chi connectivity index (χ4v) is 3.38. The molecule has 1 fully saturated rings. The van der Waals surface area contributed by atoms with Gasteiger partial charge in [0.05, 0.1) is 6.04 Å². The maximum Gasteiger partial charge on any atom is 0.317 e. The second-order valence-corrected chi connectivity index (χ2v) is 6.54. The molecular weight excluding hydrogens is 320 g/mol. The Bertz CT molecular complexity index is 765. The van der Waals surface area contributed by atoms with E-state index in [0.29, 0.717) is 19.6 Å². The Balaban J connectivity index is 1.67. The van der Waals surface area contributed by atoms with Crippen molar-refractivity contribution < 1.29 is 9.59 Å². The van der Waals surface area contributed by atoms with Gasteiger partial charge in [-0.3, -0.25) is 9.48 Å². The topological polar surface area (TPSA) is 84.2 Å². The molecule has 2 atom stereocenters. The van der Waals surface area contributed by atoms with Gasteiger partial charge in [0.25, 0.3) is 0 Å². The third-order valence-corrected chi connectivity index (χ3v) is 4.57. The zero-order chi connectivity index (χ0) is 18.0. The van der Waals surface area contributed by atoms with Gasteiger partial charge in [0.15, 0.2) is 0 Å². The number of carbonyl (C=O) groups excluding carboxylic acids is 2. The predicted octanol–water partition coefficient (Wildman–Crippen LogP) is 0.572. The molecule has 0 saturated carbocycles. The van der Waals surface area contributed by atoms with Crippen molar-refractivity contribution in [2.45, 2.75) is 25.4 Å². The van der Waals surface area contributed by atoms with Crippen molar-refractivity contribution in [2.24, 2.45) is 14.1 Å². The summed E-state index contributed by atoms with van der Waals surface area (Å²) in [7, 11) is 3.82. The molecule has 0 unspecified atom stereocenters. The number of hydrogen-bond donors (Lipinski definition) is 2. The first-order valence-corrected chi connectivity index (χ1v) is 8.32. The SMILES string of the molecule is CC(=O)N[C@@H]1CN(C(=O)NCc2ccn(C)c2)C[C@H]1c1ccnn1C. The van der Waals surface area contributed by atoms with Crippen LogP contribution in [-0.2, 0) is 25.4 Å². The van der Waals surface area contributed by atoms with Crippen molar-refractivity contribution in [1.82, 2.24) is 29.9 Å². The van der Waals surface area contributed by atoms with Crippen LogP contribution in [-0.4, -0.2) is 50.3 Å². The molecule has 1 aliphatic heterocycles. The second-order valence-electron chi connectivity index (χ2n) is 6.54. The molecule has 1 aliphatic rings. The average Bonchev–Trinajstić information content (AvgIpc) is 3.25. The van der Waals surface area contributed by atoms with Crippen LogP contribution in [0.15, 0.2) is 30.7 Å². The Kier molecular flexibility index (Phi) is 4.78. The molecule has 2 aromatic heterocycles. The quantitative estimate of drug-likeness (QED) is 0.851. The number of hydrogen-bond acceptors (Lipinski definition) is 3. The van der Waals surface area contributed by atoms with Gasteiger partial charge in [-0.05, 0) is 17.7 Å². The largest absolute Gasteiger partial charge is 0.357 e. The fraction of sp³-hybridized carbons (Fsp3) is 0.471. The molecule has 1 saturated heterocycles. The molecule has 3 rings (SSSR count). The van der Waals surface area contributed by atoms with Crippen LogP contribution in [0.1, 0.15) is 24.1 Å². The van der Waals surface area contributed by atoms with E-state index in [1.54, 1.807) is 15.8 Å². The molecule has 0 bridgehead atoms. The van der Waals surface area contributed by atoms with Crippen LogP contribution in [0.25, 0.3) is 0 Å². The minimum absolute atomic E-state index is 0.0267. The van der Waals surface area contributed by atoms with Crippen LogP contribution in [0.2, 0.25) is 0 Å². The van der Waals surface area contributed by atoms with Crippen molar-refractivity contribution in [3.8, 4) is 0 Å². The van der Waals surface area contributed by atoms with Gasteiger partial charge in [0, 0.05) is 70.9 Å². The van der Waals surface area contributed by atoms with E-state index >= 15 is 0 Å². The van der Waals surface area contributed by atoms with Crippen molar-refractivity contribution in [1.29, 1.82) is 0 Å². The molecule has 3 amide bonds. The molecule has 3 heterocycles. The number of amides is 3. The monoisotopic (exact) mass is 344 g/mol. The molecule has 0 radical (unpaired) electrons. The average molecular weight is 344 g/mol. The minimum Gasteiger partial charge on any atom is -0.357 e. The predicted molar refractivity (Wildman–Crippen MR) is 92.8 cm³/mol. The standard InChI is InChI=1S/C17H24N6O2/c1-12(24)20-15-11-23(10-14(15)16-4-6-19-22(16)3)17(25)18-8-13-5-7-21(2)9-13/h4-7,9,14-15H,8,10-11H2,1-3H3,(H,18,25)(H,20,24)/t14-,15-/m1/s1. The van der Waals surface area contributed by atoms with Crippen LogP contribution in [0.3, 0.4) is 0 Å². The van der Waals surface area contributed by atoms with Crippen molar-refractivity contribution >= 4 is 11.9 Å². The van der Waals surface area contributed by atoms with Gasteiger partial charge in [-0.1, -0.05) is 0 Å². The molecule has 25 heavy (non-hydrogen) atoms. The van der Waals surface area contributed by atoms with Crippen LogP contribution in [0.5, 0.6) is 0 Å². The fourth-order valence-electron chi connectivity index (χ4n) is 3.38. The Morgan fingerprint density at radius 3 is 2.68 bits per heavy atom. The molecule has 8 nitrogen and oxygen atoms in total. The number of nitrogens with one attached hydrogen (secondary N) is 2. The van der Waals surface area contributed by atoms with E-state index in [1.807, 2.05) is 43.2 Å². The molecular formula is C17H24N6O2. The first kappa shape index (κ1) is 17.1. The molecule has 8 heteroatoms. The van der Waals surface area contributed by atoms with Crippen LogP contribution in [0, 0.1) is 0 Å². The third kappa shape index (κ3) is 3.84. The lowest BCUT2D eigenvalue weighted by Gasteiger charge is -2.18. The second kappa shape index (κ2) is 7.00. The van der Waals surface area contributed by atoms with Gasteiger partial charge in [0.1, 0.15) is 0 Å². The lowest BCUT2D eigenvalue weighted by atomic mass is 9.99. The third-order valence-electron chi connectivity index (χ3n) is 4.57. The number of carbonyl (C=O) groups is 2. The minimum atomic E-state index is -0.121. The highest BCUT2D eigenvalue weighted by Crippen LogP contribution is 2.27. The zero-order valence-electron chi connectivity index (χ0n) is 14.8. The molecule has 0 aromatic carbocycles. The number of aryl methyl sites for hydroxylation is 2. The summed E-state index contributed by atoms with van der Waals surface area (Å²) in [5.74, 6) is -0.0670.